The minimum Gasteiger partial charge on any atom is -0.380 e. The highest BCUT2D eigenvalue weighted by atomic mass is 32.2. The van der Waals surface area contributed by atoms with E-state index in [-0.39, 0.29) is 0 Å². The third-order valence-electron chi connectivity index (χ3n) is 2.64. The fourth-order valence-corrected chi connectivity index (χ4v) is 2.56. The molecule has 3 nitrogen and oxygen atoms in total. The first-order valence-corrected chi connectivity index (χ1v) is 7.12. The van der Waals surface area contributed by atoms with E-state index in [9.17, 15) is 5.26 Å². The van der Waals surface area contributed by atoms with Crippen LogP contribution >= 0.6 is 11.8 Å². The molecule has 0 spiro atoms. The first kappa shape index (κ1) is 13.4. The van der Waals surface area contributed by atoms with Crippen molar-refractivity contribution in [2.24, 2.45) is 0 Å². The van der Waals surface area contributed by atoms with Crippen LogP contribution in [-0.4, -0.2) is 10.7 Å². The van der Waals surface area contributed by atoms with E-state index in [4.69, 9.17) is 0 Å². The number of hydrogen-bond acceptors (Lipinski definition) is 4. The zero-order valence-electron chi connectivity index (χ0n) is 10.8. The molecule has 0 saturated heterocycles. The lowest BCUT2D eigenvalue weighted by Crippen LogP contribution is -2.02. The van der Waals surface area contributed by atoms with E-state index in [2.05, 4.69) is 23.3 Å². The van der Waals surface area contributed by atoms with E-state index in [0.29, 0.717) is 6.54 Å². The Labute approximate surface area is 117 Å². The molecule has 1 aromatic carbocycles. The highest BCUT2D eigenvalue weighted by molar-refractivity contribution is 7.99. The summed E-state index contributed by atoms with van der Waals surface area (Å²) in [6, 6.07) is 12.1. The van der Waals surface area contributed by atoms with Crippen LogP contribution in [0, 0.1) is 11.3 Å². The van der Waals surface area contributed by atoms with Crippen LogP contribution in [0.4, 0.5) is 5.69 Å². The van der Waals surface area contributed by atoms with E-state index >= 15 is 0 Å². The number of rotatable bonds is 5. The van der Waals surface area contributed by atoms with Crippen molar-refractivity contribution < 1.29 is 0 Å². The molecule has 0 fully saturated rings. The van der Waals surface area contributed by atoms with Gasteiger partial charge in [-0.25, -0.2) is 0 Å². The molecule has 2 aromatic rings. The van der Waals surface area contributed by atoms with Crippen molar-refractivity contribution in [3.8, 4) is 6.07 Å². The van der Waals surface area contributed by atoms with Crippen LogP contribution in [0.15, 0.2) is 47.6 Å². The van der Waals surface area contributed by atoms with Crippen molar-refractivity contribution in [3.05, 3.63) is 53.9 Å². The zero-order chi connectivity index (χ0) is 13.5. The van der Waals surface area contributed by atoms with E-state index in [0.717, 1.165) is 27.5 Å². The van der Waals surface area contributed by atoms with Gasteiger partial charge in [0.25, 0.3) is 0 Å². The number of pyridine rings is 1. The number of anilines is 1. The molecule has 0 aliphatic carbocycles. The van der Waals surface area contributed by atoms with Gasteiger partial charge in [0.05, 0.1) is 11.3 Å². The Bertz CT molecular complexity index is 576. The number of thioether (sulfide) groups is 1. The Hall–Kier alpha value is -1.99. The van der Waals surface area contributed by atoms with Gasteiger partial charge < -0.3 is 5.32 Å². The van der Waals surface area contributed by atoms with E-state index in [1.165, 1.54) is 0 Å². The average Bonchev–Trinajstić information content (AvgIpc) is 2.46. The Morgan fingerprint density at radius 2 is 2.21 bits per heavy atom. The molecule has 0 saturated carbocycles. The summed E-state index contributed by atoms with van der Waals surface area (Å²) >= 11 is 1.69. The third-order valence-corrected chi connectivity index (χ3v) is 3.58. The SMILES string of the molecule is CCSc1cccc(NCc2cccnc2)c1C#N. The van der Waals surface area contributed by atoms with Gasteiger partial charge in [-0.15, -0.1) is 11.8 Å². The van der Waals surface area contributed by atoms with Crippen molar-refractivity contribution in [1.82, 2.24) is 4.98 Å². The number of nitrogens with zero attached hydrogens (tertiary/aromatic N) is 2. The molecule has 1 N–H and O–H groups in total. The van der Waals surface area contributed by atoms with Gasteiger partial charge in [-0.2, -0.15) is 5.26 Å². The van der Waals surface area contributed by atoms with Crippen molar-refractivity contribution >= 4 is 17.4 Å². The van der Waals surface area contributed by atoms with Gasteiger partial charge in [-0.3, -0.25) is 4.98 Å². The zero-order valence-corrected chi connectivity index (χ0v) is 11.6. The summed E-state index contributed by atoms with van der Waals surface area (Å²) in [6.07, 6.45) is 3.58. The summed E-state index contributed by atoms with van der Waals surface area (Å²) in [7, 11) is 0. The maximum Gasteiger partial charge on any atom is 0.102 e. The fraction of sp³-hybridized carbons (Fsp3) is 0.200. The van der Waals surface area contributed by atoms with Gasteiger partial charge in [0.15, 0.2) is 0 Å². The van der Waals surface area contributed by atoms with Crippen LogP contribution in [-0.2, 0) is 6.54 Å². The lowest BCUT2D eigenvalue weighted by molar-refractivity contribution is 1.11. The highest BCUT2D eigenvalue weighted by Crippen LogP contribution is 2.28. The minimum absolute atomic E-state index is 0.669. The molecule has 0 amide bonds. The molecule has 0 radical (unpaired) electrons. The summed E-state index contributed by atoms with van der Waals surface area (Å²) < 4.78 is 0. The van der Waals surface area contributed by atoms with Crippen LogP contribution in [0.1, 0.15) is 18.1 Å². The smallest absolute Gasteiger partial charge is 0.102 e. The number of benzene rings is 1. The van der Waals surface area contributed by atoms with Gasteiger partial charge in [0.2, 0.25) is 0 Å². The Morgan fingerprint density at radius 3 is 2.89 bits per heavy atom. The first-order chi connectivity index (χ1) is 9.35. The van der Waals surface area contributed by atoms with Gasteiger partial charge in [-0.1, -0.05) is 19.1 Å². The van der Waals surface area contributed by atoms with Crippen molar-refractivity contribution in [1.29, 1.82) is 5.26 Å². The Balaban J connectivity index is 2.16. The molecule has 1 aromatic heterocycles. The van der Waals surface area contributed by atoms with Crippen LogP contribution in [0.2, 0.25) is 0 Å². The van der Waals surface area contributed by atoms with Crippen molar-refractivity contribution in [2.75, 3.05) is 11.1 Å². The Kier molecular flexibility index (Phi) is 4.82. The summed E-state index contributed by atoms with van der Waals surface area (Å²) in [4.78, 5) is 5.11. The molecule has 2 rings (SSSR count). The van der Waals surface area contributed by atoms with Crippen molar-refractivity contribution in [2.45, 2.75) is 18.4 Å². The Morgan fingerprint density at radius 1 is 1.32 bits per heavy atom. The van der Waals surface area contributed by atoms with Crippen LogP contribution in [0.5, 0.6) is 0 Å². The van der Waals surface area contributed by atoms with E-state index in [1.54, 1.807) is 18.0 Å². The van der Waals surface area contributed by atoms with Crippen molar-refractivity contribution in [3.63, 3.8) is 0 Å². The number of hydrogen-bond donors (Lipinski definition) is 1. The summed E-state index contributed by atoms with van der Waals surface area (Å²) in [6.45, 7) is 2.75. The standard InChI is InChI=1S/C15H15N3S/c1-2-19-15-7-3-6-14(13(15)9-16)18-11-12-5-4-8-17-10-12/h3-8,10,18H,2,11H2,1H3. The number of nitrogens with one attached hydrogen (secondary N) is 1. The maximum absolute atomic E-state index is 9.31. The summed E-state index contributed by atoms with van der Waals surface area (Å²) in [5.41, 5.74) is 2.70. The van der Waals surface area contributed by atoms with Crippen LogP contribution in [0.3, 0.4) is 0 Å². The maximum atomic E-state index is 9.31. The molecule has 1 heterocycles. The largest absolute Gasteiger partial charge is 0.380 e. The number of aromatic nitrogens is 1. The van der Waals surface area contributed by atoms with E-state index < -0.39 is 0 Å². The lowest BCUT2D eigenvalue weighted by atomic mass is 10.2. The lowest BCUT2D eigenvalue weighted by Gasteiger charge is -2.10. The molecule has 0 aliphatic heterocycles. The fourth-order valence-electron chi connectivity index (χ4n) is 1.77. The second-order valence-corrected chi connectivity index (χ2v) is 5.24. The molecule has 4 heteroatoms. The van der Waals surface area contributed by atoms with E-state index in [1.807, 2.05) is 36.5 Å². The summed E-state index contributed by atoms with van der Waals surface area (Å²) in [5.74, 6) is 0.959. The van der Waals surface area contributed by atoms with Crippen LogP contribution < -0.4 is 5.32 Å². The molecule has 0 unspecified atom stereocenters. The minimum atomic E-state index is 0.669. The normalized spacial score (nSPS) is 9.89. The highest BCUT2D eigenvalue weighted by Gasteiger charge is 2.07. The predicted octanol–water partition coefficient (Wildman–Crippen LogP) is 3.68. The van der Waals surface area contributed by atoms with Crippen LogP contribution in [0.25, 0.3) is 0 Å². The van der Waals surface area contributed by atoms with Gasteiger partial charge in [0.1, 0.15) is 6.07 Å². The van der Waals surface area contributed by atoms with Gasteiger partial charge in [-0.05, 0) is 29.5 Å². The second kappa shape index (κ2) is 6.81. The predicted molar refractivity (Wildman–Crippen MR) is 79.1 cm³/mol. The monoisotopic (exact) mass is 269 g/mol. The second-order valence-electron chi connectivity index (χ2n) is 3.94. The average molecular weight is 269 g/mol. The molecule has 19 heavy (non-hydrogen) atoms. The quantitative estimate of drug-likeness (QED) is 0.841. The summed E-state index contributed by atoms with van der Waals surface area (Å²) in [5, 5.41) is 12.6. The molecular formula is C15H15N3S. The third kappa shape index (κ3) is 3.49. The molecule has 0 aliphatic rings. The topological polar surface area (TPSA) is 48.7 Å². The number of nitriles is 1. The molecule has 0 atom stereocenters. The molecule has 0 bridgehead atoms. The molecular weight excluding hydrogens is 254 g/mol. The first-order valence-electron chi connectivity index (χ1n) is 6.14. The van der Waals surface area contributed by atoms with Gasteiger partial charge in [0, 0.05) is 23.8 Å². The molecule has 96 valence electrons. The van der Waals surface area contributed by atoms with Gasteiger partial charge >= 0.3 is 0 Å².